The van der Waals surface area contributed by atoms with E-state index in [0.29, 0.717) is 22.8 Å². The van der Waals surface area contributed by atoms with Crippen molar-refractivity contribution in [3.8, 4) is 10.9 Å². The molecule has 1 aromatic carbocycles. The first-order chi connectivity index (χ1) is 8.36. The highest BCUT2D eigenvalue weighted by Crippen LogP contribution is 2.35. The molecular formula is C10H8F3N3OS. The fourth-order valence-electron chi connectivity index (χ4n) is 1.15. The van der Waals surface area contributed by atoms with Crippen LogP contribution in [-0.2, 0) is 6.18 Å². The molecule has 1 aromatic heterocycles. The van der Waals surface area contributed by atoms with Gasteiger partial charge in [-0.25, -0.2) is 0 Å². The van der Waals surface area contributed by atoms with E-state index in [1.807, 2.05) is 6.92 Å². The number of anilines is 1. The van der Waals surface area contributed by atoms with E-state index < -0.39 is 11.2 Å². The third-order valence-electron chi connectivity index (χ3n) is 2.10. The molecule has 0 aliphatic rings. The molecule has 0 aliphatic carbocycles. The Balaban J connectivity index is 2.19. The molecule has 4 nitrogen and oxygen atoms in total. The van der Waals surface area contributed by atoms with Gasteiger partial charge >= 0.3 is 6.18 Å². The minimum atomic E-state index is -4.51. The largest absolute Gasteiger partial charge is 0.445 e. The number of nitrogens with zero attached hydrogens (tertiary/aromatic N) is 2. The van der Waals surface area contributed by atoms with Crippen LogP contribution in [0.2, 0.25) is 0 Å². The summed E-state index contributed by atoms with van der Waals surface area (Å²) in [7, 11) is 0. The topological polar surface area (TPSA) is 61.0 Å². The zero-order chi connectivity index (χ0) is 13.3. The molecule has 0 spiro atoms. The van der Waals surface area contributed by atoms with E-state index in [0.717, 1.165) is 5.56 Å². The number of halogens is 3. The van der Waals surface area contributed by atoms with Crippen LogP contribution in [0.15, 0.2) is 18.2 Å². The van der Waals surface area contributed by atoms with Gasteiger partial charge in [-0.05, 0) is 18.6 Å². The molecule has 18 heavy (non-hydrogen) atoms. The van der Waals surface area contributed by atoms with Crippen molar-refractivity contribution in [1.29, 1.82) is 0 Å². The van der Waals surface area contributed by atoms with Crippen LogP contribution in [0.4, 0.5) is 18.9 Å². The predicted octanol–water partition coefficient (Wildman–Crippen LogP) is 3.24. The molecule has 0 bridgehead atoms. The van der Waals surface area contributed by atoms with Crippen molar-refractivity contribution < 1.29 is 17.9 Å². The number of ether oxygens (including phenoxy) is 1. The van der Waals surface area contributed by atoms with Crippen molar-refractivity contribution in [1.82, 2.24) is 10.2 Å². The Morgan fingerprint density at radius 3 is 2.56 bits per heavy atom. The summed E-state index contributed by atoms with van der Waals surface area (Å²) in [5.41, 5.74) is 7.01. The molecule has 0 saturated heterocycles. The fraction of sp³-hybridized carbons (Fsp3) is 0.200. The van der Waals surface area contributed by atoms with Gasteiger partial charge in [0, 0.05) is 11.8 Å². The maximum absolute atomic E-state index is 12.3. The van der Waals surface area contributed by atoms with Gasteiger partial charge in [-0.15, -0.1) is 5.10 Å². The molecule has 0 radical (unpaired) electrons. The molecule has 8 heteroatoms. The number of benzene rings is 1. The van der Waals surface area contributed by atoms with Crippen LogP contribution in [0.3, 0.4) is 0 Å². The van der Waals surface area contributed by atoms with Gasteiger partial charge in [0.1, 0.15) is 5.75 Å². The van der Waals surface area contributed by atoms with E-state index in [1.165, 1.54) is 6.07 Å². The van der Waals surface area contributed by atoms with Crippen LogP contribution in [0.5, 0.6) is 10.9 Å². The number of hydrogen-bond acceptors (Lipinski definition) is 5. The lowest BCUT2D eigenvalue weighted by Crippen LogP contribution is -2.03. The zero-order valence-corrected chi connectivity index (χ0v) is 9.97. The average molecular weight is 275 g/mol. The Morgan fingerprint density at radius 1 is 1.28 bits per heavy atom. The number of rotatable bonds is 2. The summed E-state index contributed by atoms with van der Waals surface area (Å²) < 4.78 is 42.0. The van der Waals surface area contributed by atoms with Gasteiger partial charge in [0.2, 0.25) is 5.01 Å². The van der Waals surface area contributed by atoms with E-state index in [1.54, 1.807) is 12.1 Å². The van der Waals surface area contributed by atoms with Crippen molar-refractivity contribution in [2.24, 2.45) is 0 Å². The maximum atomic E-state index is 12.3. The minimum Gasteiger partial charge on any atom is -0.430 e. The van der Waals surface area contributed by atoms with Crippen LogP contribution in [0.1, 0.15) is 10.6 Å². The molecule has 0 amide bonds. The lowest BCUT2D eigenvalue weighted by atomic mass is 10.2. The SMILES string of the molecule is Cc1ccc(Oc2nnc(C(F)(F)F)s2)cc1N. The van der Waals surface area contributed by atoms with Gasteiger partial charge < -0.3 is 10.5 Å². The minimum absolute atomic E-state index is 0.175. The van der Waals surface area contributed by atoms with Crippen molar-refractivity contribution in [2.45, 2.75) is 13.1 Å². The average Bonchev–Trinajstić information content (AvgIpc) is 2.72. The Bertz CT molecular complexity index is 568. The summed E-state index contributed by atoms with van der Waals surface area (Å²) in [6, 6.07) is 4.82. The van der Waals surface area contributed by atoms with Gasteiger partial charge in [-0.1, -0.05) is 22.5 Å². The highest BCUT2D eigenvalue weighted by atomic mass is 32.1. The van der Waals surface area contributed by atoms with Gasteiger partial charge in [0.25, 0.3) is 5.19 Å². The van der Waals surface area contributed by atoms with Crippen molar-refractivity contribution in [3.05, 3.63) is 28.8 Å². The summed E-state index contributed by atoms with van der Waals surface area (Å²) in [5.74, 6) is 0.322. The van der Waals surface area contributed by atoms with Gasteiger partial charge in [0.15, 0.2) is 0 Å². The van der Waals surface area contributed by atoms with Crippen molar-refractivity contribution >= 4 is 17.0 Å². The quantitative estimate of drug-likeness (QED) is 0.855. The first-order valence-corrected chi connectivity index (χ1v) is 5.62. The molecule has 2 N–H and O–H groups in total. The molecule has 1 heterocycles. The summed E-state index contributed by atoms with van der Waals surface area (Å²) in [4.78, 5) is 0. The molecule has 0 fully saturated rings. The van der Waals surface area contributed by atoms with Crippen molar-refractivity contribution in [2.75, 3.05) is 5.73 Å². The molecule has 2 rings (SSSR count). The lowest BCUT2D eigenvalue weighted by molar-refractivity contribution is -0.138. The van der Waals surface area contributed by atoms with Crippen LogP contribution in [0.25, 0.3) is 0 Å². The summed E-state index contributed by atoms with van der Waals surface area (Å²) in [6.45, 7) is 1.81. The second-order valence-corrected chi connectivity index (χ2v) is 4.43. The number of aryl methyl sites for hydroxylation is 1. The normalized spacial score (nSPS) is 11.6. The van der Waals surface area contributed by atoms with E-state index in [2.05, 4.69) is 10.2 Å². The smallest absolute Gasteiger partial charge is 0.430 e. The number of alkyl halides is 3. The third kappa shape index (κ3) is 2.70. The number of nitrogens with two attached hydrogens (primary N) is 1. The summed E-state index contributed by atoms with van der Waals surface area (Å²) in [6.07, 6.45) is -4.51. The first-order valence-electron chi connectivity index (χ1n) is 4.81. The predicted molar refractivity (Wildman–Crippen MR) is 60.6 cm³/mol. The van der Waals surface area contributed by atoms with E-state index in [-0.39, 0.29) is 5.19 Å². The van der Waals surface area contributed by atoms with Crippen LogP contribution in [-0.4, -0.2) is 10.2 Å². The highest BCUT2D eigenvalue weighted by Gasteiger charge is 2.36. The Labute approximate surface area is 104 Å². The monoisotopic (exact) mass is 275 g/mol. The Hall–Kier alpha value is -1.83. The van der Waals surface area contributed by atoms with Gasteiger partial charge in [0.05, 0.1) is 0 Å². The molecular weight excluding hydrogens is 267 g/mol. The molecule has 96 valence electrons. The van der Waals surface area contributed by atoms with E-state index in [9.17, 15) is 13.2 Å². The molecule has 0 aliphatic heterocycles. The van der Waals surface area contributed by atoms with Gasteiger partial charge in [-0.3, -0.25) is 0 Å². The van der Waals surface area contributed by atoms with E-state index >= 15 is 0 Å². The lowest BCUT2D eigenvalue weighted by Gasteiger charge is -2.04. The molecule has 2 aromatic rings. The molecule has 0 saturated carbocycles. The van der Waals surface area contributed by atoms with Crippen molar-refractivity contribution in [3.63, 3.8) is 0 Å². The standard InChI is InChI=1S/C10H8F3N3OS/c1-5-2-3-6(4-7(5)14)17-9-16-15-8(18-9)10(11,12)13/h2-4H,14H2,1H3. The van der Waals surface area contributed by atoms with Gasteiger partial charge in [-0.2, -0.15) is 13.2 Å². The summed E-state index contributed by atoms with van der Waals surface area (Å²) >= 11 is 0.334. The number of nitrogen functional groups attached to an aromatic ring is 1. The fourth-order valence-corrected chi connectivity index (χ4v) is 1.73. The zero-order valence-electron chi connectivity index (χ0n) is 9.15. The molecule has 0 unspecified atom stereocenters. The second-order valence-electron chi connectivity index (χ2n) is 3.49. The maximum Gasteiger partial charge on any atom is 0.445 e. The number of aromatic nitrogens is 2. The third-order valence-corrected chi connectivity index (χ3v) is 2.95. The Kier molecular flexibility index (Phi) is 3.12. The summed E-state index contributed by atoms with van der Waals surface area (Å²) in [5, 5.41) is 5.11. The van der Waals surface area contributed by atoms with Crippen LogP contribution < -0.4 is 10.5 Å². The highest BCUT2D eigenvalue weighted by molar-refractivity contribution is 7.13. The van der Waals surface area contributed by atoms with Crippen LogP contribution >= 0.6 is 11.3 Å². The first kappa shape index (κ1) is 12.6. The second kappa shape index (κ2) is 4.45. The molecule has 0 atom stereocenters. The van der Waals surface area contributed by atoms with Crippen LogP contribution in [0, 0.1) is 6.92 Å². The number of hydrogen-bond donors (Lipinski definition) is 1. The van der Waals surface area contributed by atoms with E-state index in [4.69, 9.17) is 10.5 Å². The Morgan fingerprint density at radius 2 is 2.00 bits per heavy atom.